The molecule has 0 saturated heterocycles. The van der Waals surface area contributed by atoms with Gasteiger partial charge in [-0.1, -0.05) is 6.92 Å². The van der Waals surface area contributed by atoms with Gasteiger partial charge >= 0.3 is 0 Å². The zero-order valence-electron chi connectivity index (χ0n) is 10.7. The first-order chi connectivity index (χ1) is 8.05. The summed E-state index contributed by atoms with van der Waals surface area (Å²) in [5, 5.41) is 3.36. The highest BCUT2D eigenvalue weighted by molar-refractivity contribution is 5.48. The quantitative estimate of drug-likeness (QED) is 0.840. The third kappa shape index (κ3) is 2.71. The molecule has 3 heteroatoms. The van der Waals surface area contributed by atoms with Gasteiger partial charge in [-0.25, -0.2) is 4.39 Å². The average molecular weight is 237 g/mol. The lowest BCUT2D eigenvalue weighted by Crippen LogP contribution is -2.24. The van der Waals surface area contributed by atoms with Gasteiger partial charge in [0.1, 0.15) is 0 Å². The van der Waals surface area contributed by atoms with Crippen LogP contribution < -0.4 is 10.1 Å². The van der Waals surface area contributed by atoms with Crippen molar-refractivity contribution in [3.8, 4) is 5.75 Å². The summed E-state index contributed by atoms with van der Waals surface area (Å²) in [6.45, 7) is 6.75. The number of ether oxygens (including phenoxy) is 1. The SMILES string of the molecule is CCOc1ccc(NC(C)C2(C)CC2)cc1F. The molecule has 0 heterocycles. The highest BCUT2D eigenvalue weighted by atomic mass is 19.1. The van der Waals surface area contributed by atoms with Crippen molar-refractivity contribution in [1.29, 1.82) is 0 Å². The summed E-state index contributed by atoms with van der Waals surface area (Å²) >= 11 is 0. The van der Waals surface area contributed by atoms with Crippen molar-refractivity contribution in [1.82, 2.24) is 0 Å². The largest absolute Gasteiger partial charge is 0.491 e. The number of hydrogen-bond donors (Lipinski definition) is 1. The van der Waals surface area contributed by atoms with Crippen LogP contribution in [0.5, 0.6) is 5.75 Å². The number of halogens is 1. The van der Waals surface area contributed by atoms with E-state index in [0.717, 1.165) is 5.69 Å². The Labute approximate surface area is 102 Å². The molecule has 94 valence electrons. The Bertz CT molecular complexity index is 401. The van der Waals surface area contributed by atoms with Crippen LogP contribution in [0, 0.1) is 11.2 Å². The average Bonchev–Trinajstić information content (AvgIpc) is 3.02. The fourth-order valence-corrected chi connectivity index (χ4v) is 1.92. The van der Waals surface area contributed by atoms with Crippen molar-refractivity contribution in [2.24, 2.45) is 5.41 Å². The topological polar surface area (TPSA) is 21.3 Å². The van der Waals surface area contributed by atoms with Crippen LogP contribution in [-0.4, -0.2) is 12.6 Å². The van der Waals surface area contributed by atoms with Crippen LogP contribution in [0.4, 0.5) is 10.1 Å². The van der Waals surface area contributed by atoms with Crippen LogP contribution in [0.15, 0.2) is 18.2 Å². The van der Waals surface area contributed by atoms with E-state index in [2.05, 4.69) is 19.2 Å². The molecule has 1 atom stereocenters. The summed E-state index contributed by atoms with van der Waals surface area (Å²) in [5.74, 6) is 0.0216. The second-order valence-corrected chi connectivity index (χ2v) is 5.10. The maximum Gasteiger partial charge on any atom is 0.167 e. The predicted molar refractivity (Wildman–Crippen MR) is 68.0 cm³/mol. The molecule has 0 bridgehead atoms. The Morgan fingerprint density at radius 2 is 2.18 bits per heavy atom. The van der Waals surface area contributed by atoms with E-state index in [9.17, 15) is 4.39 Å². The monoisotopic (exact) mass is 237 g/mol. The Morgan fingerprint density at radius 1 is 1.47 bits per heavy atom. The molecule has 1 aromatic rings. The number of benzene rings is 1. The highest BCUT2D eigenvalue weighted by Crippen LogP contribution is 2.48. The van der Waals surface area contributed by atoms with E-state index in [1.165, 1.54) is 18.9 Å². The summed E-state index contributed by atoms with van der Waals surface area (Å²) < 4.78 is 18.8. The van der Waals surface area contributed by atoms with E-state index in [-0.39, 0.29) is 5.82 Å². The van der Waals surface area contributed by atoms with E-state index >= 15 is 0 Å². The van der Waals surface area contributed by atoms with E-state index < -0.39 is 0 Å². The normalized spacial score (nSPS) is 18.6. The Hall–Kier alpha value is -1.25. The predicted octanol–water partition coefficient (Wildman–Crippen LogP) is 3.82. The summed E-state index contributed by atoms with van der Waals surface area (Å²) in [6, 6.07) is 5.44. The van der Waals surface area contributed by atoms with Gasteiger partial charge in [-0.15, -0.1) is 0 Å². The fraction of sp³-hybridized carbons (Fsp3) is 0.571. The van der Waals surface area contributed by atoms with E-state index in [0.29, 0.717) is 23.8 Å². The van der Waals surface area contributed by atoms with E-state index in [1.54, 1.807) is 6.07 Å². The van der Waals surface area contributed by atoms with Gasteiger partial charge in [0.05, 0.1) is 6.61 Å². The van der Waals surface area contributed by atoms with Crippen LogP contribution >= 0.6 is 0 Å². The molecule has 1 saturated carbocycles. The van der Waals surface area contributed by atoms with E-state index in [4.69, 9.17) is 4.74 Å². The van der Waals surface area contributed by atoms with Gasteiger partial charge in [-0.3, -0.25) is 0 Å². The molecule has 1 unspecified atom stereocenters. The zero-order valence-corrected chi connectivity index (χ0v) is 10.7. The Kier molecular flexibility index (Phi) is 3.27. The molecule has 1 aliphatic rings. The van der Waals surface area contributed by atoms with Gasteiger partial charge in [0.15, 0.2) is 11.6 Å². The van der Waals surface area contributed by atoms with Crippen molar-refractivity contribution in [2.45, 2.75) is 39.7 Å². The van der Waals surface area contributed by atoms with Crippen LogP contribution in [0.1, 0.15) is 33.6 Å². The zero-order chi connectivity index (χ0) is 12.5. The molecule has 0 spiro atoms. The highest BCUT2D eigenvalue weighted by Gasteiger charge is 2.42. The van der Waals surface area contributed by atoms with Gasteiger partial charge < -0.3 is 10.1 Å². The van der Waals surface area contributed by atoms with Crippen molar-refractivity contribution in [2.75, 3.05) is 11.9 Å². The van der Waals surface area contributed by atoms with Crippen molar-refractivity contribution in [3.63, 3.8) is 0 Å². The van der Waals surface area contributed by atoms with Crippen LogP contribution in [0.25, 0.3) is 0 Å². The summed E-state index contributed by atoms with van der Waals surface area (Å²) in [6.07, 6.45) is 2.50. The lowest BCUT2D eigenvalue weighted by Gasteiger charge is -2.21. The maximum absolute atomic E-state index is 13.6. The van der Waals surface area contributed by atoms with Crippen LogP contribution in [-0.2, 0) is 0 Å². The summed E-state index contributed by atoms with van der Waals surface area (Å²) in [5.41, 5.74) is 1.21. The van der Waals surface area contributed by atoms with Crippen molar-refractivity contribution in [3.05, 3.63) is 24.0 Å². The lowest BCUT2D eigenvalue weighted by atomic mass is 10.0. The lowest BCUT2D eigenvalue weighted by molar-refractivity contribution is 0.321. The minimum atomic E-state index is -0.301. The fourth-order valence-electron chi connectivity index (χ4n) is 1.92. The smallest absolute Gasteiger partial charge is 0.167 e. The maximum atomic E-state index is 13.6. The molecule has 1 fully saturated rings. The molecular formula is C14H20FNO. The molecule has 2 nitrogen and oxygen atoms in total. The van der Waals surface area contributed by atoms with Gasteiger partial charge in [-0.05, 0) is 44.2 Å². The van der Waals surface area contributed by atoms with Gasteiger partial charge in [0, 0.05) is 17.8 Å². The molecular weight excluding hydrogens is 217 g/mol. The Morgan fingerprint density at radius 3 is 2.71 bits per heavy atom. The molecule has 1 aliphatic carbocycles. The first kappa shape index (κ1) is 12.2. The number of anilines is 1. The second kappa shape index (κ2) is 4.55. The Balaban J connectivity index is 2.04. The number of hydrogen-bond acceptors (Lipinski definition) is 2. The van der Waals surface area contributed by atoms with Gasteiger partial charge in [0.2, 0.25) is 0 Å². The first-order valence-electron chi connectivity index (χ1n) is 6.24. The first-order valence-corrected chi connectivity index (χ1v) is 6.24. The molecule has 1 aromatic carbocycles. The molecule has 17 heavy (non-hydrogen) atoms. The van der Waals surface area contributed by atoms with Crippen LogP contribution in [0.2, 0.25) is 0 Å². The third-order valence-electron chi connectivity index (χ3n) is 3.70. The minimum absolute atomic E-state index is 0.301. The minimum Gasteiger partial charge on any atom is -0.491 e. The molecule has 2 rings (SSSR count). The second-order valence-electron chi connectivity index (χ2n) is 5.10. The molecule has 0 amide bonds. The van der Waals surface area contributed by atoms with Crippen molar-refractivity contribution >= 4 is 5.69 Å². The number of nitrogens with one attached hydrogen (secondary N) is 1. The van der Waals surface area contributed by atoms with Crippen molar-refractivity contribution < 1.29 is 9.13 Å². The number of rotatable bonds is 5. The standard InChI is InChI=1S/C14H20FNO/c1-4-17-13-6-5-11(9-12(13)15)16-10(2)14(3)7-8-14/h5-6,9-10,16H,4,7-8H2,1-3H3. The molecule has 0 radical (unpaired) electrons. The molecule has 0 aliphatic heterocycles. The third-order valence-corrected chi connectivity index (χ3v) is 3.70. The summed E-state index contributed by atoms with van der Waals surface area (Å²) in [7, 11) is 0. The van der Waals surface area contributed by atoms with E-state index in [1.807, 2.05) is 13.0 Å². The van der Waals surface area contributed by atoms with Gasteiger partial charge in [0.25, 0.3) is 0 Å². The summed E-state index contributed by atoms with van der Waals surface area (Å²) in [4.78, 5) is 0. The van der Waals surface area contributed by atoms with Gasteiger partial charge in [-0.2, -0.15) is 0 Å². The molecule has 0 aromatic heterocycles. The molecule has 1 N–H and O–H groups in total. The van der Waals surface area contributed by atoms with Crippen LogP contribution in [0.3, 0.4) is 0 Å².